The Morgan fingerprint density at radius 1 is 1.03 bits per heavy atom. The lowest BCUT2D eigenvalue weighted by Crippen LogP contribution is -2.45. The second-order valence-corrected chi connectivity index (χ2v) is 9.73. The summed E-state index contributed by atoms with van der Waals surface area (Å²) in [5.74, 6) is 0.732. The number of hydrogen-bond acceptors (Lipinski definition) is 6. The summed E-state index contributed by atoms with van der Waals surface area (Å²) in [5, 5.41) is 3.36. The predicted molar refractivity (Wildman–Crippen MR) is 135 cm³/mol. The van der Waals surface area contributed by atoms with Gasteiger partial charge in [-0.3, -0.25) is 9.69 Å². The lowest BCUT2D eigenvalue weighted by Gasteiger charge is -2.36. The number of likely N-dealkylation sites (tertiary alicyclic amines) is 1. The van der Waals surface area contributed by atoms with Gasteiger partial charge in [-0.15, -0.1) is 0 Å². The first-order valence-electron chi connectivity index (χ1n) is 12.2. The van der Waals surface area contributed by atoms with Gasteiger partial charge in [0.2, 0.25) is 5.95 Å². The summed E-state index contributed by atoms with van der Waals surface area (Å²) in [6.45, 7) is 7.41. The zero-order chi connectivity index (χ0) is 23.9. The number of H-pyrrole nitrogens is 1. The Morgan fingerprint density at radius 2 is 1.83 bits per heavy atom. The van der Waals surface area contributed by atoms with Crippen molar-refractivity contribution in [1.29, 1.82) is 0 Å². The summed E-state index contributed by atoms with van der Waals surface area (Å²) in [6.07, 6.45) is 5.54. The van der Waals surface area contributed by atoms with Crippen molar-refractivity contribution in [3.05, 3.63) is 76.9 Å². The van der Waals surface area contributed by atoms with Gasteiger partial charge < -0.3 is 15.2 Å². The maximum Gasteiger partial charge on any atom is 0.253 e. The Kier molecular flexibility index (Phi) is 5.45. The smallest absolute Gasteiger partial charge is 0.253 e. The van der Waals surface area contributed by atoms with Crippen molar-refractivity contribution in [2.75, 3.05) is 18.4 Å². The van der Waals surface area contributed by atoms with E-state index < -0.39 is 0 Å². The van der Waals surface area contributed by atoms with Gasteiger partial charge in [0.15, 0.2) is 0 Å². The number of aromatic amines is 1. The van der Waals surface area contributed by atoms with Gasteiger partial charge in [-0.05, 0) is 68.1 Å². The summed E-state index contributed by atoms with van der Waals surface area (Å²) in [7, 11) is 0. The molecule has 4 aromatic rings. The summed E-state index contributed by atoms with van der Waals surface area (Å²) < 4.78 is 0. The lowest BCUT2D eigenvalue weighted by atomic mass is 10.0. The van der Waals surface area contributed by atoms with Crippen molar-refractivity contribution in [3.8, 4) is 0 Å². The Labute approximate surface area is 204 Å². The van der Waals surface area contributed by atoms with E-state index in [0.717, 1.165) is 61.4 Å². The largest absolute Gasteiger partial charge is 0.345 e. The second-order valence-electron chi connectivity index (χ2n) is 9.73. The maximum atomic E-state index is 13.1. The fraction of sp³-hybridized carbons (Fsp3) is 0.333. The maximum absolute atomic E-state index is 13.1. The summed E-state index contributed by atoms with van der Waals surface area (Å²) in [4.78, 5) is 34.2. The molecule has 0 atom stereocenters. The highest BCUT2D eigenvalue weighted by atomic mass is 16.2. The number of aromatic nitrogens is 4. The zero-order valence-electron chi connectivity index (χ0n) is 20.1. The molecule has 2 aliphatic heterocycles. The average molecular weight is 468 g/mol. The SMILES string of the molecule is Cc1cc(C)cc(Nc2ncc3c(n2)CN(C2CCN(C(=O)c4ccc5[nH]cnc5c4)CC2)C3)c1. The summed E-state index contributed by atoms with van der Waals surface area (Å²) in [5.41, 5.74) is 8.21. The first kappa shape index (κ1) is 21.7. The van der Waals surface area contributed by atoms with Crippen LogP contribution in [0.1, 0.15) is 45.6 Å². The first-order valence-corrected chi connectivity index (χ1v) is 12.2. The highest BCUT2D eigenvalue weighted by molar-refractivity contribution is 5.97. The standard InChI is InChI=1S/C27H29N7O/c1-17-9-18(2)11-21(10-17)31-27-28-13-20-14-34(15-25(20)32-27)22-5-7-33(8-6-22)26(35)19-3-4-23-24(12-19)30-16-29-23/h3-4,9-13,16,22H,5-8,14-15H2,1-2H3,(H,29,30)(H,28,31,32). The quantitative estimate of drug-likeness (QED) is 0.464. The van der Waals surface area contributed by atoms with Crippen molar-refractivity contribution in [2.45, 2.75) is 45.8 Å². The van der Waals surface area contributed by atoms with Gasteiger partial charge in [0.05, 0.1) is 23.1 Å². The number of anilines is 2. The number of nitrogens with zero attached hydrogens (tertiary/aromatic N) is 5. The van der Waals surface area contributed by atoms with Crippen LogP contribution in [0.3, 0.4) is 0 Å². The van der Waals surface area contributed by atoms with Gasteiger partial charge in [0.1, 0.15) is 0 Å². The van der Waals surface area contributed by atoms with Gasteiger partial charge >= 0.3 is 0 Å². The highest BCUT2D eigenvalue weighted by Crippen LogP contribution is 2.29. The second kappa shape index (κ2) is 8.78. The first-order chi connectivity index (χ1) is 17.0. The van der Waals surface area contributed by atoms with Crippen LogP contribution in [0.5, 0.6) is 0 Å². The molecule has 2 N–H and O–H groups in total. The molecule has 0 radical (unpaired) electrons. The molecular formula is C27H29N7O. The molecule has 0 aliphatic carbocycles. The molecule has 1 fully saturated rings. The third-order valence-corrected chi connectivity index (χ3v) is 7.09. The molecule has 4 heterocycles. The van der Waals surface area contributed by atoms with Gasteiger partial charge in [0.25, 0.3) is 5.91 Å². The van der Waals surface area contributed by atoms with Crippen molar-refractivity contribution in [1.82, 2.24) is 29.7 Å². The normalized spacial score (nSPS) is 16.6. The molecule has 0 spiro atoms. The number of aryl methyl sites for hydroxylation is 2. The number of piperidine rings is 1. The molecule has 2 aliphatic rings. The van der Waals surface area contributed by atoms with E-state index >= 15 is 0 Å². The van der Waals surface area contributed by atoms with Crippen LogP contribution in [0, 0.1) is 13.8 Å². The van der Waals surface area contributed by atoms with Crippen molar-refractivity contribution in [2.24, 2.45) is 0 Å². The Balaban J connectivity index is 1.08. The molecule has 2 aromatic carbocycles. The highest BCUT2D eigenvalue weighted by Gasteiger charge is 2.31. The van der Waals surface area contributed by atoms with E-state index in [-0.39, 0.29) is 5.91 Å². The van der Waals surface area contributed by atoms with Crippen molar-refractivity contribution in [3.63, 3.8) is 0 Å². The predicted octanol–water partition coefficient (Wildman–Crippen LogP) is 4.33. The molecule has 6 rings (SSSR count). The molecule has 8 nitrogen and oxygen atoms in total. The van der Waals surface area contributed by atoms with Crippen LogP contribution in [-0.4, -0.2) is 54.8 Å². The van der Waals surface area contributed by atoms with Gasteiger partial charge in [0, 0.05) is 55.2 Å². The number of carbonyl (C=O) groups is 1. The van der Waals surface area contributed by atoms with E-state index in [0.29, 0.717) is 17.6 Å². The van der Waals surface area contributed by atoms with Crippen LogP contribution < -0.4 is 5.32 Å². The Hall–Kier alpha value is -3.78. The van der Waals surface area contributed by atoms with Crippen molar-refractivity contribution < 1.29 is 4.79 Å². The number of rotatable bonds is 4. The van der Waals surface area contributed by atoms with E-state index in [2.05, 4.69) is 57.2 Å². The number of hydrogen-bond donors (Lipinski definition) is 2. The number of imidazole rings is 1. The van der Waals surface area contributed by atoms with Gasteiger partial charge in [-0.25, -0.2) is 15.0 Å². The molecule has 178 valence electrons. The Morgan fingerprint density at radius 3 is 2.63 bits per heavy atom. The number of benzene rings is 2. The van der Waals surface area contributed by atoms with E-state index in [1.165, 1.54) is 16.7 Å². The summed E-state index contributed by atoms with van der Waals surface area (Å²) >= 11 is 0. The molecule has 2 aromatic heterocycles. The van der Waals surface area contributed by atoms with Crippen molar-refractivity contribution >= 4 is 28.6 Å². The van der Waals surface area contributed by atoms with Crippen LogP contribution in [-0.2, 0) is 13.1 Å². The monoisotopic (exact) mass is 467 g/mol. The minimum absolute atomic E-state index is 0.0889. The molecule has 1 amide bonds. The topological polar surface area (TPSA) is 90.0 Å². The van der Waals surface area contributed by atoms with Crippen LogP contribution >= 0.6 is 0 Å². The number of nitrogens with one attached hydrogen (secondary N) is 2. The third kappa shape index (κ3) is 4.37. The Bertz CT molecular complexity index is 1380. The van der Waals surface area contributed by atoms with Crippen LogP contribution in [0.15, 0.2) is 48.9 Å². The van der Waals surface area contributed by atoms with Crippen LogP contribution in [0.2, 0.25) is 0 Å². The van der Waals surface area contributed by atoms with Gasteiger partial charge in [-0.2, -0.15) is 0 Å². The fourth-order valence-electron chi connectivity index (χ4n) is 5.35. The number of amides is 1. The van der Waals surface area contributed by atoms with E-state index in [1.807, 2.05) is 29.3 Å². The number of carbonyl (C=O) groups excluding carboxylic acids is 1. The van der Waals surface area contributed by atoms with E-state index in [1.54, 1.807) is 6.33 Å². The minimum Gasteiger partial charge on any atom is -0.345 e. The summed E-state index contributed by atoms with van der Waals surface area (Å²) in [6, 6.07) is 12.5. The molecule has 8 heteroatoms. The fourth-order valence-corrected chi connectivity index (χ4v) is 5.35. The molecule has 0 saturated carbocycles. The molecule has 0 bridgehead atoms. The molecule has 1 saturated heterocycles. The minimum atomic E-state index is 0.0889. The lowest BCUT2D eigenvalue weighted by molar-refractivity contribution is 0.0613. The van der Waals surface area contributed by atoms with E-state index in [9.17, 15) is 4.79 Å². The van der Waals surface area contributed by atoms with Gasteiger partial charge in [-0.1, -0.05) is 6.07 Å². The zero-order valence-corrected chi connectivity index (χ0v) is 20.1. The molecule has 0 unspecified atom stereocenters. The number of fused-ring (bicyclic) bond motifs is 2. The molecular weight excluding hydrogens is 438 g/mol. The van der Waals surface area contributed by atoms with Crippen LogP contribution in [0.25, 0.3) is 11.0 Å². The van der Waals surface area contributed by atoms with Crippen LogP contribution in [0.4, 0.5) is 11.6 Å². The third-order valence-electron chi connectivity index (χ3n) is 7.09. The molecule has 35 heavy (non-hydrogen) atoms. The average Bonchev–Trinajstić information content (AvgIpc) is 3.49. The van der Waals surface area contributed by atoms with E-state index in [4.69, 9.17) is 4.98 Å².